The average molecular weight is 178 g/mol. The van der Waals surface area contributed by atoms with Crippen LogP contribution in [-0.4, -0.2) is 13.7 Å². The second-order valence-electron chi connectivity index (χ2n) is 2.64. The van der Waals surface area contributed by atoms with Crippen molar-refractivity contribution in [3.63, 3.8) is 0 Å². The van der Waals surface area contributed by atoms with Gasteiger partial charge in [0.05, 0.1) is 7.11 Å². The average Bonchev–Trinajstić information content (AvgIpc) is 2.15. The van der Waals surface area contributed by atoms with Gasteiger partial charge < -0.3 is 16.2 Å². The molecule has 0 heterocycles. The van der Waals surface area contributed by atoms with Crippen molar-refractivity contribution in [3.05, 3.63) is 29.8 Å². The highest BCUT2D eigenvalue weighted by atomic mass is 16.5. The van der Waals surface area contributed by atoms with Gasteiger partial charge in [-0.25, -0.2) is 0 Å². The molecule has 13 heavy (non-hydrogen) atoms. The third kappa shape index (κ3) is 2.49. The Morgan fingerprint density at radius 3 is 2.85 bits per heavy atom. The highest BCUT2D eigenvalue weighted by Gasteiger charge is 1.98. The van der Waals surface area contributed by atoms with Gasteiger partial charge in [0.2, 0.25) is 0 Å². The van der Waals surface area contributed by atoms with E-state index in [2.05, 4.69) is 0 Å². The molecule has 1 aromatic rings. The Morgan fingerprint density at radius 1 is 1.46 bits per heavy atom. The minimum atomic E-state index is 0.512. The zero-order chi connectivity index (χ0) is 9.68. The number of nitrogens with two attached hydrogens (primary N) is 2. The fraction of sp³-hybridized carbons (Fsp3) is 0.200. The minimum absolute atomic E-state index is 0.512. The molecule has 3 nitrogen and oxygen atoms in total. The van der Waals surface area contributed by atoms with Crippen LogP contribution in [0.25, 0.3) is 6.08 Å². The molecule has 4 N–H and O–H groups in total. The maximum atomic E-state index is 5.63. The number of nitrogen functional groups attached to an aromatic ring is 1. The van der Waals surface area contributed by atoms with E-state index in [1.54, 1.807) is 13.2 Å². The zero-order valence-corrected chi connectivity index (χ0v) is 7.66. The minimum Gasteiger partial charge on any atom is -0.496 e. The van der Waals surface area contributed by atoms with E-state index in [1.165, 1.54) is 0 Å². The van der Waals surface area contributed by atoms with Gasteiger partial charge in [-0.3, -0.25) is 0 Å². The lowest BCUT2D eigenvalue weighted by Gasteiger charge is -2.04. The van der Waals surface area contributed by atoms with Crippen molar-refractivity contribution in [2.24, 2.45) is 5.73 Å². The second-order valence-corrected chi connectivity index (χ2v) is 2.64. The molecule has 0 bridgehead atoms. The molecule has 0 amide bonds. The summed E-state index contributed by atoms with van der Waals surface area (Å²) in [7, 11) is 1.63. The molecule has 0 spiro atoms. The molecule has 1 rings (SSSR count). The van der Waals surface area contributed by atoms with Crippen LogP contribution in [0.15, 0.2) is 24.3 Å². The summed E-state index contributed by atoms with van der Waals surface area (Å²) >= 11 is 0. The molecular weight excluding hydrogens is 164 g/mol. The standard InChI is InChI=1S/C10H14N2O/c1-13-10-5-4-9(12)7-8(10)3-2-6-11/h2-5,7H,6,11-12H2,1H3. The van der Waals surface area contributed by atoms with Crippen molar-refractivity contribution in [2.75, 3.05) is 19.4 Å². The highest BCUT2D eigenvalue weighted by Crippen LogP contribution is 2.21. The fourth-order valence-corrected chi connectivity index (χ4v) is 1.08. The van der Waals surface area contributed by atoms with Gasteiger partial charge in [0.15, 0.2) is 0 Å². The molecule has 0 atom stereocenters. The molecule has 0 saturated carbocycles. The molecule has 1 aromatic carbocycles. The Bertz CT molecular complexity index is 308. The highest BCUT2D eigenvalue weighted by molar-refractivity contribution is 5.62. The van der Waals surface area contributed by atoms with E-state index in [1.807, 2.05) is 24.3 Å². The van der Waals surface area contributed by atoms with Gasteiger partial charge in [-0.1, -0.05) is 12.2 Å². The van der Waals surface area contributed by atoms with Gasteiger partial charge in [-0.2, -0.15) is 0 Å². The molecule has 0 aliphatic carbocycles. The zero-order valence-electron chi connectivity index (χ0n) is 7.66. The van der Waals surface area contributed by atoms with Crippen LogP contribution >= 0.6 is 0 Å². The largest absolute Gasteiger partial charge is 0.496 e. The molecule has 0 aliphatic heterocycles. The van der Waals surface area contributed by atoms with Crippen molar-refractivity contribution in [1.29, 1.82) is 0 Å². The molecule has 0 unspecified atom stereocenters. The topological polar surface area (TPSA) is 61.3 Å². The van der Waals surface area contributed by atoms with Crippen molar-refractivity contribution in [3.8, 4) is 5.75 Å². The molecule has 0 radical (unpaired) electrons. The Kier molecular flexibility index (Phi) is 3.34. The summed E-state index contributed by atoms with van der Waals surface area (Å²) in [5.41, 5.74) is 12.7. The van der Waals surface area contributed by atoms with E-state index in [4.69, 9.17) is 16.2 Å². The summed E-state index contributed by atoms with van der Waals surface area (Å²) in [5, 5.41) is 0. The number of benzene rings is 1. The summed E-state index contributed by atoms with van der Waals surface area (Å²) in [5.74, 6) is 0.805. The van der Waals surface area contributed by atoms with Crippen LogP contribution in [0, 0.1) is 0 Å². The number of ether oxygens (including phenoxy) is 1. The monoisotopic (exact) mass is 178 g/mol. The third-order valence-corrected chi connectivity index (χ3v) is 1.69. The molecule has 70 valence electrons. The first-order valence-electron chi connectivity index (χ1n) is 4.08. The quantitative estimate of drug-likeness (QED) is 0.685. The van der Waals surface area contributed by atoms with E-state index in [0.29, 0.717) is 6.54 Å². The van der Waals surface area contributed by atoms with Crippen molar-refractivity contribution < 1.29 is 4.74 Å². The normalized spacial score (nSPS) is 10.6. The van der Waals surface area contributed by atoms with Crippen molar-refractivity contribution >= 4 is 11.8 Å². The van der Waals surface area contributed by atoms with Crippen LogP contribution in [0.3, 0.4) is 0 Å². The van der Waals surface area contributed by atoms with Gasteiger partial charge >= 0.3 is 0 Å². The van der Waals surface area contributed by atoms with Gasteiger partial charge in [0, 0.05) is 17.8 Å². The maximum absolute atomic E-state index is 5.63. The van der Waals surface area contributed by atoms with Crippen LogP contribution < -0.4 is 16.2 Å². The number of methoxy groups -OCH3 is 1. The smallest absolute Gasteiger partial charge is 0.126 e. The Hall–Kier alpha value is -1.48. The van der Waals surface area contributed by atoms with Crippen molar-refractivity contribution in [1.82, 2.24) is 0 Å². The summed E-state index contributed by atoms with van der Waals surface area (Å²) in [6.07, 6.45) is 3.76. The number of hydrogen-bond donors (Lipinski definition) is 2. The number of hydrogen-bond acceptors (Lipinski definition) is 3. The summed E-state index contributed by atoms with van der Waals surface area (Å²) in [6.45, 7) is 0.512. The summed E-state index contributed by atoms with van der Waals surface area (Å²) < 4.78 is 5.15. The maximum Gasteiger partial charge on any atom is 0.126 e. The van der Waals surface area contributed by atoms with Gasteiger partial charge in [-0.15, -0.1) is 0 Å². The Morgan fingerprint density at radius 2 is 2.23 bits per heavy atom. The van der Waals surface area contributed by atoms with E-state index in [9.17, 15) is 0 Å². The molecule has 3 heteroatoms. The summed E-state index contributed by atoms with van der Waals surface area (Å²) in [4.78, 5) is 0. The second kappa shape index (κ2) is 4.52. The van der Waals surface area contributed by atoms with Crippen LogP contribution in [0.2, 0.25) is 0 Å². The van der Waals surface area contributed by atoms with E-state index in [0.717, 1.165) is 17.0 Å². The Balaban J connectivity index is 3.01. The first-order valence-corrected chi connectivity index (χ1v) is 4.08. The van der Waals surface area contributed by atoms with Gasteiger partial charge in [0.25, 0.3) is 0 Å². The number of anilines is 1. The lowest BCUT2D eigenvalue weighted by Crippen LogP contribution is -1.94. The van der Waals surface area contributed by atoms with E-state index < -0.39 is 0 Å². The van der Waals surface area contributed by atoms with E-state index in [-0.39, 0.29) is 0 Å². The van der Waals surface area contributed by atoms with Crippen LogP contribution in [0.4, 0.5) is 5.69 Å². The predicted octanol–water partition coefficient (Wildman–Crippen LogP) is 1.25. The van der Waals surface area contributed by atoms with Gasteiger partial charge in [0.1, 0.15) is 5.75 Å². The first kappa shape index (κ1) is 9.61. The molecule has 0 saturated heterocycles. The van der Waals surface area contributed by atoms with Gasteiger partial charge in [-0.05, 0) is 18.2 Å². The lowest BCUT2D eigenvalue weighted by atomic mass is 10.1. The molecule has 0 aromatic heterocycles. The predicted molar refractivity (Wildman–Crippen MR) is 55.5 cm³/mol. The Labute approximate surface area is 78.0 Å². The SMILES string of the molecule is COc1ccc(N)cc1C=CCN. The van der Waals surface area contributed by atoms with Crippen molar-refractivity contribution in [2.45, 2.75) is 0 Å². The summed E-state index contributed by atoms with van der Waals surface area (Å²) in [6, 6.07) is 5.50. The first-order chi connectivity index (χ1) is 6.27. The molecular formula is C10H14N2O. The third-order valence-electron chi connectivity index (χ3n) is 1.69. The molecule has 0 fully saturated rings. The molecule has 0 aliphatic rings. The fourth-order valence-electron chi connectivity index (χ4n) is 1.08. The van der Waals surface area contributed by atoms with Crippen LogP contribution in [0.1, 0.15) is 5.56 Å². The van der Waals surface area contributed by atoms with Crippen LogP contribution in [0.5, 0.6) is 5.75 Å². The number of rotatable bonds is 3. The lowest BCUT2D eigenvalue weighted by molar-refractivity contribution is 0.414. The van der Waals surface area contributed by atoms with E-state index >= 15 is 0 Å². The van der Waals surface area contributed by atoms with Crippen LogP contribution in [-0.2, 0) is 0 Å².